The number of rotatable bonds is 7. The molecule has 0 bridgehead atoms. The summed E-state index contributed by atoms with van der Waals surface area (Å²) in [6, 6.07) is 9.38. The van der Waals surface area contributed by atoms with Crippen LogP contribution in [-0.4, -0.2) is 30.6 Å². The molecule has 1 aromatic rings. The number of aliphatic hydroxyl groups is 1. The number of piperidine rings is 1. The Hall–Kier alpha value is -1.39. The Morgan fingerprint density at radius 2 is 1.87 bits per heavy atom. The number of benzene rings is 1. The first kappa shape index (κ1) is 16.5. The summed E-state index contributed by atoms with van der Waals surface area (Å²) in [5, 5.41) is 17.7. The van der Waals surface area contributed by atoms with Crippen molar-refractivity contribution in [3.8, 4) is 0 Å². The second kappa shape index (κ2) is 6.62. The van der Waals surface area contributed by atoms with E-state index in [1.807, 2.05) is 44.2 Å². The smallest absolute Gasteiger partial charge is 0.256 e. The van der Waals surface area contributed by atoms with Crippen molar-refractivity contribution in [3.63, 3.8) is 0 Å². The van der Waals surface area contributed by atoms with Crippen molar-refractivity contribution < 1.29 is 9.90 Å². The lowest BCUT2D eigenvalue weighted by molar-refractivity contribution is -0.148. The van der Waals surface area contributed by atoms with Gasteiger partial charge in [0.05, 0.1) is 0 Å². The van der Waals surface area contributed by atoms with E-state index in [0.717, 1.165) is 25.9 Å². The summed E-state index contributed by atoms with van der Waals surface area (Å²) in [6.45, 7) is 6.89. The van der Waals surface area contributed by atoms with Crippen LogP contribution in [-0.2, 0) is 10.4 Å². The molecule has 4 atom stereocenters. The van der Waals surface area contributed by atoms with Gasteiger partial charge in [0.2, 0.25) is 0 Å². The molecule has 1 amide bonds. The number of carbonyl (C=O) groups excluding carboxylic acids is 1. The molecule has 1 unspecified atom stereocenters. The topological polar surface area (TPSA) is 61.4 Å². The summed E-state index contributed by atoms with van der Waals surface area (Å²) in [5.74, 6) is 1.70. The maximum atomic E-state index is 12.9. The summed E-state index contributed by atoms with van der Waals surface area (Å²) in [6.07, 6.45) is 1.54. The van der Waals surface area contributed by atoms with Gasteiger partial charge in [-0.2, -0.15) is 0 Å². The van der Waals surface area contributed by atoms with E-state index in [4.69, 9.17) is 0 Å². The van der Waals surface area contributed by atoms with Crippen LogP contribution in [0.15, 0.2) is 30.3 Å². The van der Waals surface area contributed by atoms with Crippen LogP contribution in [0.2, 0.25) is 0 Å². The molecule has 1 aliphatic heterocycles. The fraction of sp³-hybridized carbons (Fsp3) is 0.632. The molecule has 23 heavy (non-hydrogen) atoms. The highest BCUT2D eigenvalue weighted by molar-refractivity contribution is 5.86. The van der Waals surface area contributed by atoms with Gasteiger partial charge in [0.25, 0.3) is 5.91 Å². The third-order valence-corrected chi connectivity index (χ3v) is 5.90. The van der Waals surface area contributed by atoms with Crippen molar-refractivity contribution in [3.05, 3.63) is 35.9 Å². The lowest BCUT2D eigenvalue weighted by atomic mass is 9.77. The van der Waals surface area contributed by atoms with E-state index in [-0.39, 0.29) is 11.8 Å². The number of amides is 1. The van der Waals surface area contributed by atoms with Gasteiger partial charge in [-0.1, -0.05) is 44.2 Å². The van der Waals surface area contributed by atoms with E-state index in [1.54, 1.807) is 0 Å². The van der Waals surface area contributed by atoms with Gasteiger partial charge in [0.1, 0.15) is 0 Å². The summed E-state index contributed by atoms with van der Waals surface area (Å²) in [5.41, 5.74) is -0.739. The van der Waals surface area contributed by atoms with Gasteiger partial charge in [-0.15, -0.1) is 0 Å². The van der Waals surface area contributed by atoms with Gasteiger partial charge in [0, 0.05) is 12.5 Å². The molecular weight excluding hydrogens is 288 g/mol. The van der Waals surface area contributed by atoms with Crippen LogP contribution < -0.4 is 10.6 Å². The molecule has 0 radical (unpaired) electrons. The monoisotopic (exact) mass is 316 g/mol. The third-order valence-electron chi connectivity index (χ3n) is 5.90. The standard InChI is InChI=1S/C19H28N2O2/c1-3-13(4-2)19(23,14-8-6-5-7-9-14)18(22)21-12-17-15-10-20-11-16(15)17/h5-9,13,15-17,20,23H,3-4,10-12H2,1-2H3,(H,21,22)/t15-,16?,17+,19-/m0/s1. The first-order valence-corrected chi connectivity index (χ1v) is 8.89. The highest BCUT2D eigenvalue weighted by atomic mass is 16.3. The van der Waals surface area contributed by atoms with Crippen molar-refractivity contribution in [2.75, 3.05) is 19.6 Å². The first-order chi connectivity index (χ1) is 11.1. The van der Waals surface area contributed by atoms with Gasteiger partial charge in [0.15, 0.2) is 5.60 Å². The van der Waals surface area contributed by atoms with Gasteiger partial charge < -0.3 is 15.7 Å². The molecule has 0 aromatic heterocycles. The SMILES string of the molecule is CCC(CC)[C@@](O)(C(=O)NC[C@H]1C2CNC[C@@H]21)c1ccccc1. The van der Waals surface area contributed by atoms with Crippen LogP contribution in [0.5, 0.6) is 0 Å². The minimum Gasteiger partial charge on any atom is -0.375 e. The Kier molecular flexibility index (Phi) is 4.74. The summed E-state index contributed by atoms with van der Waals surface area (Å²) >= 11 is 0. The van der Waals surface area contributed by atoms with Gasteiger partial charge in [-0.05, 0) is 49.2 Å². The van der Waals surface area contributed by atoms with Crippen molar-refractivity contribution in [1.29, 1.82) is 0 Å². The number of hydrogen-bond acceptors (Lipinski definition) is 3. The Bertz CT molecular complexity index is 534. The van der Waals surface area contributed by atoms with Crippen LogP contribution >= 0.6 is 0 Å². The van der Waals surface area contributed by atoms with Crippen molar-refractivity contribution >= 4 is 5.91 Å². The van der Waals surface area contributed by atoms with E-state index in [2.05, 4.69) is 10.6 Å². The zero-order chi connectivity index (χ0) is 16.4. The van der Waals surface area contributed by atoms with Crippen molar-refractivity contribution in [1.82, 2.24) is 10.6 Å². The summed E-state index contributed by atoms with van der Waals surface area (Å²) in [4.78, 5) is 12.9. The quantitative estimate of drug-likeness (QED) is 0.720. The van der Waals surface area contributed by atoms with Crippen LogP contribution in [0.4, 0.5) is 0 Å². The predicted octanol–water partition coefficient (Wildman–Crippen LogP) is 1.89. The molecule has 2 fully saturated rings. The van der Waals surface area contributed by atoms with Gasteiger partial charge in [-0.25, -0.2) is 0 Å². The van der Waals surface area contributed by atoms with Crippen LogP contribution in [0.3, 0.4) is 0 Å². The second-order valence-corrected chi connectivity index (χ2v) is 7.01. The van der Waals surface area contributed by atoms with Crippen LogP contribution in [0, 0.1) is 23.7 Å². The molecule has 3 rings (SSSR count). The van der Waals surface area contributed by atoms with E-state index in [0.29, 0.717) is 29.9 Å². The Morgan fingerprint density at radius 1 is 1.26 bits per heavy atom. The Balaban J connectivity index is 1.73. The lowest BCUT2D eigenvalue weighted by Crippen LogP contribution is -2.50. The lowest BCUT2D eigenvalue weighted by Gasteiger charge is -2.34. The zero-order valence-corrected chi connectivity index (χ0v) is 14.1. The molecule has 2 aliphatic rings. The molecule has 0 spiro atoms. The molecule has 1 saturated heterocycles. The molecule has 4 nitrogen and oxygen atoms in total. The van der Waals surface area contributed by atoms with Crippen molar-refractivity contribution in [2.24, 2.45) is 23.7 Å². The number of fused-ring (bicyclic) bond motifs is 1. The fourth-order valence-electron chi connectivity index (χ4n) is 4.32. The average molecular weight is 316 g/mol. The zero-order valence-electron chi connectivity index (χ0n) is 14.1. The molecule has 3 N–H and O–H groups in total. The van der Waals surface area contributed by atoms with Gasteiger partial charge >= 0.3 is 0 Å². The largest absolute Gasteiger partial charge is 0.375 e. The first-order valence-electron chi connectivity index (χ1n) is 8.89. The minimum atomic E-state index is -1.44. The Morgan fingerprint density at radius 3 is 2.43 bits per heavy atom. The summed E-state index contributed by atoms with van der Waals surface area (Å²) < 4.78 is 0. The molecule has 1 aromatic carbocycles. The maximum Gasteiger partial charge on any atom is 0.256 e. The van der Waals surface area contributed by atoms with Crippen LogP contribution in [0.25, 0.3) is 0 Å². The van der Waals surface area contributed by atoms with E-state index in [1.165, 1.54) is 0 Å². The summed E-state index contributed by atoms with van der Waals surface area (Å²) in [7, 11) is 0. The minimum absolute atomic E-state index is 0.0785. The molecule has 1 aliphatic carbocycles. The molecule has 1 heterocycles. The molecule has 126 valence electrons. The highest BCUT2D eigenvalue weighted by Crippen LogP contribution is 2.48. The number of carbonyl (C=O) groups is 1. The van der Waals surface area contributed by atoms with Gasteiger partial charge in [-0.3, -0.25) is 4.79 Å². The average Bonchev–Trinajstić information content (AvgIpc) is 3.01. The highest BCUT2D eigenvalue weighted by Gasteiger charge is 2.53. The van der Waals surface area contributed by atoms with E-state index < -0.39 is 5.60 Å². The number of hydrogen-bond donors (Lipinski definition) is 3. The molecule has 1 saturated carbocycles. The Labute approximate surface area is 138 Å². The molecular formula is C19H28N2O2. The third kappa shape index (κ3) is 2.90. The fourth-order valence-corrected chi connectivity index (χ4v) is 4.32. The maximum absolute atomic E-state index is 12.9. The van der Waals surface area contributed by atoms with Crippen molar-refractivity contribution in [2.45, 2.75) is 32.3 Å². The van der Waals surface area contributed by atoms with E-state index in [9.17, 15) is 9.90 Å². The number of nitrogens with one attached hydrogen (secondary N) is 2. The molecule has 4 heteroatoms. The van der Waals surface area contributed by atoms with E-state index >= 15 is 0 Å². The second-order valence-electron chi connectivity index (χ2n) is 7.01. The normalized spacial score (nSPS) is 28.3. The van der Waals surface area contributed by atoms with Crippen LogP contribution in [0.1, 0.15) is 32.3 Å². The predicted molar refractivity (Wildman–Crippen MR) is 90.8 cm³/mol.